The summed E-state index contributed by atoms with van der Waals surface area (Å²) in [5, 5.41) is 10.7. The normalized spacial score (nSPS) is 11.2. The fourth-order valence-corrected chi connectivity index (χ4v) is 13.5. The number of ether oxygens (including phenoxy) is 2. The number of pyridine rings is 2. The Labute approximate surface area is 724 Å². The zero-order valence-electron chi connectivity index (χ0n) is 66.7. The second-order valence-corrected chi connectivity index (χ2v) is 28.0. The molecule has 0 aliphatic heterocycles. The minimum atomic E-state index is -1.09. The molecule has 0 fully saturated rings. The number of nitrogens with zero attached hydrogens (tertiary/aromatic N) is 2. The molecule has 668 valence electrons. The highest BCUT2D eigenvalue weighted by Crippen LogP contribution is 2.36. The predicted molar refractivity (Wildman–Crippen MR) is 445 cm³/mol. The Morgan fingerprint density at radius 2 is 0.791 bits per heavy atom. The molecule has 0 saturated carbocycles. The summed E-state index contributed by atoms with van der Waals surface area (Å²) < 4.78 is 222. The van der Waals surface area contributed by atoms with Gasteiger partial charge in [-0.15, -0.1) is 12.4 Å². The van der Waals surface area contributed by atoms with Crippen molar-refractivity contribution in [1.29, 1.82) is 0 Å². The Morgan fingerprint density at radius 3 is 1.23 bits per heavy atom. The minimum Gasteiger partial charge on any atom is -0.481 e. The number of methoxy groups -OCH3 is 2. The first kappa shape index (κ1) is 97.6. The molecule has 7 aromatic heterocycles. The van der Waals surface area contributed by atoms with Crippen LogP contribution in [0.1, 0.15) is 88.7 Å². The van der Waals surface area contributed by atoms with Gasteiger partial charge in [-0.25, -0.2) is 75.0 Å². The molecule has 0 bridgehead atoms. The molecular weight excluding hydrogens is 1750 g/mol. The monoisotopic (exact) mass is 1820 g/mol. The van der Waals surface area contributed by atoms with Crippen molar-refractivity contribution >= 4 is 108 Å². The van der Waals surface area contributed by atoms with E-state index in [4.69, 9.17) is 22.3 Å². The lowest BCUT2D eigenvalue weighted by Gasteiger charge is -2.20. The van der Waals surface area contributed by atoms with Crippen LogP contribution in [0.5, 0.6) is 0 Å². The number of aliphatic carboxylic acids is 1. The first-order chi connectivity index (χ1) is 60.4. The highest BCUT2D eigenvalue weighted by Gasteiger charge is 2.27. The third-order valence-corrected chi connectivity index (χ3v) is 19.4. The number of aromatic nitrogens is 7. The number of halogens is 17. The number of primary amides is 2. The van der Waals surface area contributed by atoms with Crippen molar-refractivity contribution in [3.63, 3.8) is 0 Å². The number of amides is 2. The van der Waals surface area contributed by atoms with Crippen LogP contribution in [0, 0.1) is 93.1 Å². The molecule has 2 amide bonds. The molecule has 0 aliphatic carbocycles. The second-order valence-electron chi connectivity index (χ2n) is 28.0. The van der Waals surface area contributed by atoms with E-state index in [9.17, 15) is 104 Å². The molecule has 2 atom stereocenters. The van der Waals surface area contributed by atoms with Gasteiger partial charge < -0.3 is 62.2 Å². The number of fused-ring (bicyclic) bond motifs is 5. The van der Waals surface area contributed by atoms with Gasteiger partial charge in [0.2, 0.25) is 0 Å². The van der Waals surface area contributed by atoms with Gasteiger partial charge in [0.25, 0.3) is 17.6 Å². The summed E-state index contributed by atoms with van der Waals surface area (Å²) in [6.07, 6.45) is 10.0. The minimum absolute atomic E-state index is 0. The Bertz CT molecular complexity index is 6830. The lowest BCUT2D eigenvalue weighted by atomic mass is 9.85. The summed E-state index contributed by atoms with van der Waals surface area (Å²) in [6.45, 7) is 0. The van der Waals surface area contributed by atoms with E-state index in [1.165, 1.54) is 80.6 Å². The summed E-state index contributed by atoms with van der Waals surface area (Å²) in [4.78, 5) is 103. The summed E-state index contributed by atoms with van der Waals surface area (Å²) in [6, 6.07) is 31.9. The maximum absolute atomic E-state index is 14.2. The number of hydrogen-bond acceptors (Lipinski definition) is 12. The molecule has 14 N–H and O–H groups in total. The van der Waals surface area contributed by atoms with Crippen LogP contribution in [-0.4, -0.2) is 101 Å². The number of nitrogens with one attached hydrogen (secondary N) is 5. The van der Waals surface area contributed by atoms with E-state index < -0.39 is 141 Å². The molecule has 7 heterocycles. The molecule has 0 radical (unpaired) electrons. The summed E-state index contributed by atoms with van der Waals surface area (Å²) in [5.41, 5.74) is 23.0. The number of Topliss-reactive ketones (excluding diaryl/α,β-unsaturated/α-hetero) is 2. The van der Waals surface area contributed by atoms with Crippen LogP contribution in [0.15, 0.2) is 207 Å². The lowest BCUT2D eigenvalue weighted by Crippen LogP contribution is -2.17. The maximum atomic E-state index is 14.2. The van der Waals surface area contributed by atoms with Gasteiger partial charge in [0.15, 0.2) is 58.2 Å². The van der Waals surface area contributed by atoms with Crippen LogP contribution in [0.2, 0.25) is 0 Å². The SMILES string of the molecule is COC(=O)C(=O)c1c[nH]c2cc(F)c(F)cc12.COC(=O)Cc1c[nH]c2cc(F)c(F)cc12.Cl.Fc1cc2cc[nH]c2cc1F.NC(=O)c1cc(-c2cccnc2[C@@H](CC(=O)Cc2c[nH]c3cc(F)c(F)cc23)Cc2cc(F)cc(F)c2)ccc1F.NC(=O)c1cc(-c2cccnc2[C@@H](N)Cc2cc(F)cc(F)c2)ccc1F.O.O=C(O)Cc1c[nH]c2cc(F)c(F)cc12. The van der Waals surface area contributed by atoms with Gasteiger partial charge >= 0.3 is 17.9 Å². The van der Waals surface area contributed by atoms with Gasteiger partial charge in [0.1, 0.15) is 40.7 Å². The van der Waals surface area contributed by atoms with E-state index in [1.54, 1.807) is 42.7 Å². The van der Waals surface area contributed by atoms with Crippen LogP contribution < -0.4 is 17.2 Å². The standard InChI is InChI=1S/C31H22F5N3O2.C20H16F3N3O.C11H7F2NO3.C11H9F2NO2.C10H7F2NO2.C8H5F2N.ClH.H2O/c32-20-7-16(8-21(33)12-20)6-18(9-22(40)10-19-15-39-29-14-28(36)27(35)13-24(19)29)30-23(2-1-5-38-30)17-3-4-26(34)25(11-17)31(37)41;21-13-6-11(7-14(22)10-13)8-18(24)19-15(2-1-5-26-19)12-3-4-17(23)16(9-12)20(25)27;1-17-11(16)10(15)6-4-14-9-3-8(13)7(12)2-5(6)9;1-16-11(15)2-6-5-14-10-4-9(13)8(12)3-7(6)10;11-7-2-6-5(1-10(14)15)4-13-9(6)3-8(7)12;9-6-3-5-1-2-11-8(5)4-7(6)10;;/h1-5,7-8,11-15,18,39H,6,9-10H2,(H2,37,41);1-7,9-10,18H,8,24H2,(H2,25,27);2-4,14H,1H3;3-5,14H,2H2,1H3;2-4,13H,1H2,(H,14,15);1-4,11H;1H;1H2/t2*18-;;;;;;/m10....../s1. The molecule has 0 spiro atoms. The molecule has 9 aromatic carbocycles. The van der Waals surface area contributed by atoms with Crippen LogP contribution in [0.4, 0.5) is 70.2 Å². The van der Waals surface area contributed by atoms with Gasteiger partial charge in [0, 0.05) is 170 Å². The number of esters is 2. The zero-order valence-corrected chi connectivity index (χ0v) is 67.5. The Morgan fingerprint density at radius 1 is 0.403 bits per heavy atom. The number of H-pyrrole nitrogens is 5. The van der Waals surface area contributed by atoms with Crippen molar-refractivity contribution in [1.82, 2.24) is 34.9 Å². The fourth-order valence-electron chi connectivity index (χ4n) is 13.5. The molecular formula is C91H69ClF16N10O11. The van der Waals surface area contributed by atoms with Gasteiger partial charge in [-0.3, -0.25) is 38.7 Å². The first-order valence-electron chi connectivity index (χ1n) is 37.4. The molecule has 0 aliphatic rings. The Balaban J connectivity index is 0.000000185. The maximum Gasteiger partial charge on any atom is 0.379 e. The van der Waals surface area contributed by atoms with Crippen LogP contribution in [0.25, 0.3) is 76.8 Å². The summed E-state index contributed by atoms with van der Waals surface area (Å²) >= 11 is 0. The molecule has 129 heavy (non-hydrogen) atoms. The van der Waals surface area contributed by atoms with Gasteiger partial charge in [-0.2, -0.15) is 0 Å². The molecule has 16 rings (SSSR count). The predicted octanol–water partition coefficient (Wildman–Crippen LogP) is 18.1. The smallest absolute Gasteiger partial charge is 0.379 e. The molecule has 38 heteroatoms. The van der Waals surface area contributed by atoms with E-state index >= 15 is 0 Å². The molecule has 0 unspecified atom stereocenters. The van der Waals surface area contributed by atoms with E-state index in [2.05, 4.69) is 44.4 Å². The average Bonchev–Trinajstić information content (AvgIpc) is 1.09. The Hall–Kier alpha value is -15.2. The zero-order chi connectivity index (χ0) is 91.9. The lowest BCUT2D eigenvalue weighted by molar-refractivity contribution is -0.140. The topological polar surface area (TPSA) is 372 Å². The third-order valence-electron chi connectivity index (χ3n) is 19.4. The molecule has 0 saturated heterocycles. The van der Waals surface area contributed by atoms with Gasteiger partial charge in [-0.1, -0.05) is 24.3 Å². The largest absolute Gasteiger partial charge is 0.481 e. The van der Waals surface area contributed by atoms with Crippen molar-refractivity contribution in [3.8, 4) is 22.3 Å². The highest BCUT2D eigenvalue weighted by atomic mass is 35.5. The van der Waals surface area contributed by atoms with E-state index in [0.717, 1.165) is 98.1 Å². The number of carboxylic acids is 1. The number of aromatic amines is 5. The number of hydrogen-bond donors (Lipinski definition) is 9. The van der Waals surface area contributed by atoms with Crippen LogP contribution >= 0.6 is 12.4 Å². The van der Waals surface area contributed by atoms with Crippen molar-refractivity contribution < 1.29 is 124 Å². The van der Waals surface area contributed by atoms with Crippen molar-refractivity contribution in [2.24, 2.45) is 17.2 Å². The average molecular weight is 1820 g/mol. The van der Waals surface area contributed by atoms with Gasteiger partial charge in [-0.05, 0) is 149 Å². The van der Waals surface area contributed by atoms with E-state index in [-0.39, 0.29) is 95.3 Å². The van der Waals surface area contributed by atoms with Crippen molar-refractivity contribution in [3.05, 3.63) is 356 Å². The molecule has 21 nitrogen and oxygen atoms in total. The van der Waals surface area contributed by atoms with E-state index in [1.807, 2.05) is 0 Å². The Kier molecular flexibility index (Phi) is 32.6. The molecule has 16 aromatic rings. The summed E-state index contributed by atoms with van der Waals surface area (Å²) in [7, 11) is 2.34. The second kappa shape index (κ2) is 43.1. The first-order valence-corrected chi connectivity index (χ1v) is 37.4. The number of carbonyl (C=O) groups excluding carboxylic acids is 6. The van der Waals surface area contributed by atoms with E-state index in [0.29, 0.717) is 99.5 Å². The number of nitrogens with two attached hydrogens (primary N) is 3. The van der Waals surface area contributed by atoms with Crippen LogP contribution in [-0.2, 0) is 60.8 Å². The van der Waals surface area contributed by atoms with Crippen molar-refractivity contribution in [2.45, 2.75) is 50.5 Å². The van der Waals surface area contributed by atoms with Crippen molar-refractivity contribution in [2.75, 3.05) is 14.2 Å². The third kappa shape index (κ3) is 24.3. The number of carbonyl (C=O) groups is 7. The van der Waals surface area contributed by atoms with Gasteiger partial charge in [0.05, 0.1) is 61.2 Å². The van der Waals surface area contributed by atoms with Crippen LogP contribution in [0.3, 0.4) is 0 Å². The number of carboxylic acid groups (broad SMARTS) is 1. The highest BCUT2D eigenvalue weighted by molar-refractivity contribution is 6.43. The number of rotatable bonds is 20. The quantitative estimate of drug-likeness (QED) is 0.0148. The fraction of sp³-hybridized carbons (Fsp3) is 0.110. The summed E-state index contributed by atoms with van der Waals surface area (Å²) in [5.74, 6) is -20.4. The number of ketones is 2. The number of benzene rings is 9.